The van der Waals surface area contributed by atoms with E-state index in [-0.39, 0.29) is 11.3 Å². The quantitative estimate of drug-likeness (QED) is 0.447. The van der Waals surface area contributed by atoms with Gasteiger partial charge in [-0.1, -0.05) is 12.1 Å². The number of hydrogen-bond acceptors (Lipinski definition) is 4. The Bertz CT molecular complexity index is 375. The van der Waals surface area contributed by atoms with Crippen molar-refractivity contribution in [2.75, 3.05) is 0 Å². The van der Waals surface area contributed by atoms with Gasteiger partial charge in [-0.05, 0) is 12.1 Å². The molecule has 1 atom stereocenters. The molecular weight excluding hydrogens is 186 g/mol. The van der Waals surface area contributed by atoms with E-state index in [1.165, 1.54) is 31.2 Å². The summed E-state index contributed by atoms with van der Waals surface area (Å²) in [4.78, 5) is 21.0. The maximum atomic E-state index is 11.4. The lowest BCUT2D eigenvalue weighted by Gasteiger charge is -2.02. The van der Waals surface area contributed by atoms with Crippen molar-refractivity contribution in [2.45, 2.75) is 13.0 Å². The van der Waals surface area contributed by atoms with Gasteiger partial charge in [0.05, 0.1) is 0 Å². The molecule has 0 aliphatic heterocycles. The van der Waals surface area contributed by atoms with Gasteiger partial charge in [0.25, 0.3) is 6.04 Å². The summed E-state index contributed by atoms with van der Waals surface area (Å²) in [6.07, 6.45) is 0. The SMILES string of the molecule is CC(C(=O)c1cccc(O)c1)[N+](=O)[O-]. The summed E-state index contributed by atoms with van der Waals surface area (Å²) < 4.78 is 0. The molecule has 5 nitrogen and oxygen atoms in total. The summed E-state index contributed by atoms with van der Waals surface area (Å²) in [7, 11) is 0. The van der Waals surface area contributed by atoms with E-state index in [9.17, 15) is 14.9 Å². The second-order valence-corrected chi connectivity index (χ2v) is 2.88. The van der Waals surface area contributed by atoms with Gasteiger partial charge in [0.15, 0.2) is 0 Å². The van der Waals surface area contributed by atoms with Crippen LogP contribution in [0.2, 0.25) is 0 Å². The summed E-state index contributed by atoms with van der Waals surface area (Å²) in [5, 5.41) is 19.4. The molecule has 0 saturated heterocycles. The fourth-order valence-corrected chi connectivity index (χ4v) is 0.996. The molecular formula is C9H9NO4. The molecule has 0 radical (unpaired) electrons. The van der Waals surface area contributed by atoms with Gasteiger partial charge in [0.1, 0.15) is 5.75 Å². The Morgan fingerprint density at radius 2 is 2.21 bits per heavy atom. The summed E-state index contributed by atoms with van der Waals surface area (Å²) in [6.45, 7) is 1.21. The lowest BCUT2D eigenvalue weighted by molar-refractivity contribution is -0.500. The van der Waals surface area contributed by atoms with E-state index in [0.717, 1.165) is 0 Å². The maximum Gasteiger partial charge on any atom is 0.272 e. The smallest absolute Gasteiger partial charge is 0.272 e. The highest BCUT2D eigenvalue weighted by Crippen LogP contribution is 2.13. The molecule has 1 unspecified atom stereocenters. The summed E-state index contributed by atoms with van der Waals surface area (Å²) in [5.41, 5.74) is 0.147. The van der Waals surface area contributed by atoms with E-state index in [4.69, 9.17) is 5.11 Å². The fourth-order valence-electron chi connectivity index (χ4n) is 0.996. The predicted octanol–water partition coefficient (Wildman–Crippen LogP) is 1.24. The van der Waals surface area contributed by atoms with Crippen molar-refractivity contribution in [3.63, 3.8) is 0 Å². The lowest BCUT2D eigenvalue weighted by atomic mass is 10.1. The largest absolute Gasteiger partial charge is 0.508 e. The summed E-state index contributed by atoms with van der Waals surface area (Å²) in [5.74, 6) is -0.683. The first kappa shape index (κ1) is 10.2. The van der Waals surface area contributed by atoms with Gasteiger partial charge in [-0.25, -0.2) is 0 Å². The molecule has 0 heterocycles. The van der Waals surface area contributed by atoms with E-state index in [1.807, 2.05) is 0 Å². The van der Waals surface area contributed by atoms with Gasteiger partial charge in [-0.2, -0.15) is 0 Å². The van der Waals surface area contributed by atoms with E-state index in [1.54, 1.807) is 0 Å². The van der Waals surface area contributed by atoms with Crippen molar-refractivity contribution in [1.82, 2.24) is 0 Å². The normalized spacial score (nSPS) is 12.1. The van der Waals surface area contributed by atoms with Gasteiger partial charge < -0.3 is 5.11 Å². The second-order valence-electron chi connectivity index (χ2n) is 2.88. The number of nitrogens with zero attached hydrogens (tertiary/aromatic N) is 1. The molecule has 1 aromatic rings. The number of Topliss-reactive ketones (excluding diaryl/α,β-unsaturated/α-hetero) is 1. The molecule has 0 spiro atoms. The van der Waals surface area contributed by atoms with Gasteiger partial charge in [0, 0.05) is 17.4 Å². The molecule has 1 aromatic carbocycles. The lowest BCUT2D eigenvalue weighted by Crippen LogP contribution is -2.25. The van der Waals surface area contributed by atoms with Crippen molar-refractivity contribution >= 4 is 5.78 Å². The third-order valence-electron chi connectivity index (χ3n) is 1.83. The Morgan fingerprint density at radius 1 is 1.57 bits per heavy atom. The minimum Gasteiger partial charge on any atom is -0.508 e. The molecule has 1 rings (SSSR count). The highest BCUT2D eigenvalue weighted by Gasteiger charge is 2.24. The Morgan fingerprint density at radius 3 is 2.71 bits per heavy atom. The minimum atomic E-state index is -1.28. The van der Waals surface area contributed by atoms with Crippen LogP contribution in [0.3, 0.4) is 0 Å². The second kappa shape index (κ2) is 3.87. The molecule has 0 aliphatic carbocycles. The van der Waals surface area contributed by atoms with Crippen LogP contribution in [0.15, 0.2) is 24.3 Å². The molecule has 0 fully saturated rings. The zero-order valence-corrected chi connectivity index (χ0v) is 7.51. The zero-order chi connectivity index (χ0) is 10.7. The third-order valence-corrected chi connectivity index (χ3v) is 1.83. The highest BCUT2D eigenvalue weighted by molar-refractivity contribution is 5.99. The van der Waals surface area contributed by atoms with Crippen molar-refractivity contribution in [2.24, 2.45) is 0 Å². The molecule has 14 heavy (non-hydrogen) atoms. The minimum absolute atomic E-state index is 0.0774. The Kier molecular flexibility index (Phi) is 2.81. The Balaban J connectivity index is 2.95. The molecule has 0 bridgehead atoms. The number of carbonyl (C=O) groups excluding carboxylic acids is 1. The van der Waals surface area contributed by atoms with E-state index >= 15 is 0 Å². The standard InChI is InChI=1S/C9H9NO4/c1-6(10(13)14)9(12)7-3-2-4-8(11)5-7/h2-6,11H,1H3. The number of phenols is 1. The van der Waals surface area contributed by atoms with Crippen LogP contribution >= 0.6 is 0 Å². The van der Waals surface area contributed by atoms with Crippen LogP contribution in [-0.4, -0.2) is 21.9 Å². The van der Waals surface area contributed by atoms with E-state index < -0.39 is 16.7 Å². The Hall–Kier alpha value is -1.91. The first-order chi connectivity index (χ1) is 6.52. The third kappa shape index (κ3) is 2.07. The van der Waals surface area contributed by atoms with Crippen molar-refractivity contribution < 1.29 is 14.8 Å². The average molecular weight is 195 g/mol. The molecule has 0 aromatic heterocycles. The predicted molar refractivity (Wildman–Crippen MR) is 48.9 cm³/mol. The highest BCUT2D eigenvalue weighted by atomic mass is 16.6. The topological polar surface area (TPSA) is 80.4 Å². The van der Waals surface area contributed by atoms with Crippen LogP contribution in [-0.2, 0) is 0 Å². The molecule has 1 N–H and O–H groups in total. The first-order valence-electron chi connectivity index (χ1n) is 3.99. The maximum absolute atomic E-state index is 11.4. The van der Waals surface area contributed by atoms with Gasteiger partial charge in [0.2, 0.25) is 5.78 Å². The van der Waals surface area contributed by atoms with Crippen LogP contribution in [0.25, 0.3) is 0 Å². The molecule has 0 aliphatic rings. The number of benzene rings is 1. The number of hydrogen-bond donors (Lipinski definition) is 1. The number of aromatic hydroxyl groups is 1. The number of ketones is 1. The zero-order valence-electron chi connectivity index (χ0n) is 7.51. The van der Waals surface area contributed by atoms with Crippen LogP contribution in [0, 0.1) is 10.1 Å². The van der Waals surface area contributed by atoms with Crippen molar-refractivity contribution in [3.05, 3.63) is 39.9 Å². The van der Waals surface area contributed by atoms with E-state index in [0.29, 0.717) is 0 Å². The number of carbonyl (C=O) groups is 1. The van der Waals surface area contributed by atoms with Gasteiger partial charge in [-0.3, -0.25) is 14.9 Å². The molecule has 0 amide bonds. The van der Waals surface area contributed by atoms with Crippen LogP contribution in [0.5, 0.6) is 5.75 Å². The molecule has 0 saturated carbocycles. The van der Waals surface area contributed by atoms with Crippen molar-refractivity contribution in [3.8, 4) is 5.75 Å². The monoisotopic (exact) mass is 195 g/mol. The molecule has 74 valence electrons. The summed E-state index contributed by atoms with van der Waals surface area (Å²) >= 11 is 0. The Labute approximate surface area is 80.1 Å². The molecule has 5 heteroatoms. The summed E-state index contributed by atoms with van der Waals surface area (Å²) in [6, 6.07) is 4.23. The number of rotatable bonds is 3. The fraction of sp³-hybridized carbons (Fsp3) is 0.222. The number of phenolic OH excluding ortho intramolecular Hbond substituents is 1. The van der Waals surface area contributed by atoms with Crippen LogP contribution < -0.4 is 0 Å². The van der Waals surface area contributed by atoms with Crippen LogP contribution in [0.1, 0.15) is 17.3 Å². The van der Waals surface area contributed by atoms with Gasteiger partial charge in [-0.15, -0.1) is 0 Å². The average Bonchev–Trinajstić information content (AvgIpc) is 2.15. The van der Waals surface area contributed by atoms with E-state index in [2.05, 4.69) is 0 Å². The van der Waals surface area contributed by atoms with Crippen molar-refractivity contribution in [1.29, 1.82) is 0 Å². The van der Waals surface area contributed by atoms with Crippen LogP contribution in [0.4, 0.5) is 0 Å². The first-order valence-corrected chi connectivity index (χ1v) is 3.99. The number of nitro groups is 1. The van der Waals surface area contributed by atoms with Gasteiger partial charge >= 0.3 is 0 Å².